The van der Waals surface area contributed by atoms with Crippen LogP contribution in [-0.4, -0.2) is 32.5 Å². The average Bonchev–Trinajstić information content (AvgIpc) is 2.76. The van der Waals surface area contributed by atoms with Gasteiger partial charge in [0, 0.05) is 6.42 Å². The summed E-state index contributed by atoms with van der Waals surface area (Å²) in [7, 11) is 1.38. The van der Waals surface area contributed by atoms with E-state index in [-0.39, 0.29) is 18.5 Å². The molecule has 1 heterocycles. The van der Waals surface area contributed by atoms with Crippen molar-refractivity contribution in [1.29, 1.82) is 0 Å². The number of rotatable bonds is 6. The fourth-order valence-corrected chi connectivity index (χ4v) is 4.55. The van der Waals surface area contributed by atoms with Crippen molar-refractivity contribution in [2.24, 2.45) is 11.8 Å². The van der Waals surface area contributed by atoms with Crippen LogP contribution in [0.3, 0.4) is 0 Å². The van der Waals surface area contributed by atoms with Crippen molar-refractivity contribution in [3.05, 3.63) is 23.0 Å². The first-order valence-corrected chi connectivity index (χ1v) is 11.6. The number of allylic oxidation sites excluding steroid dienone is 3. The predicted octanol–water partition coefficient (Wildman–Crippen LogP) is 7.03. The minimum atomic E-state index is -0.858. The zero-order valence-corrected chi connectivity index (χ0v) is 18.8. The lowest BCUT2D eigenvalue weighted by Crippen LogP contribution is -2.33. The third-order valence-corrected chi connectivity index (χ3v) is 6.39. The molecule has 3 rings (SSSR count). The highest BCUT2D eigenvalue weighted by molar-refractivity contribution is 5.32. The van der Waals surface area contributed by atoms with Gasteiger partial charge in [-0.3, -0.25) is 0 Å². The van der Waals surface area contributed by atoms with E-state index in [1.54, 1.807) is 0 Å². The summed E-state index contributed by atoms with van der Waals surface area (Å²) in [6, 6.07) is 0. The second kappa shape index (κ2) is 12.7. The van der Waals surface area contributed by atoms with Gasteiger partial charge in [0.15, 0.2) is 11.7 Å². The molecule has 0 aromatic heterocycles. The Morgan fingerprint density at radius 3 is 2.10 bits per heavy atom. The average molecular weight is 415 g/mol. The van der Waals surface area contributed by atoms with Crippen molar-refractivity contribution in [3.63, 3.8) is 0 Å². The van der Waals surface area contributed by atoms with Crippen LogP contribution in [0.2, 0.25) is 0 Å². The lowest BCUT2D eigenvalue weighted by molar-refractivity contribution is -0.0485. The molecular weight excluding hydrogens is 374 g/mol. The summed E-state index contributed by atoms with van der Waals surface area (Å²) in [5, 5.41) is 0. The van der Waals surface area contributed by atoms with Crippen LogP contribution in [0.4, 0.5) is 8.78 Å². The van der Waals surface area contributed by atoms with Gasteiger partial charge in [0.1, 0.15) is 5.76 Å². The summed E-state index contributed by atoms with van der Waals surface area (Å²) in [6.07, 6.45) is 10.6. The van der Waals surface area contributed by atoms with Gasteiger partial charge in [0.2, 0.25) is 0 Å². The SMILES string of the molecule is CCC.CCC1CCC(C2CCC(OCC3=C(F)C(F)=C(OC)CC3)CC2)CO1. The minimum Gasteiger partial charge on any atom is -0.498 e. The molecule has 1 saturated heterocycles. The Labute approximate surface area is 175 Å². The molecule has 3 nitrogen and oxygen atoms in total. The van der Waals surface area contributed by atoms with Crippen molar-refractivity contribution in [1.82, 2.24) is 0 Å². The van der Waals surface area contributed by atoms with Crippen LogP contribution >= 0.6 is 0 Å². The molecule has 1 aliphatic heterocycles. The first kappa shape index (κ1) is 24.3. The fraction of sp³-hybridized carbons (Fsp3) is 0.833. The van der Waals surface area contributed by atoms with E-state index in [2.05, 4.69) is 20.8 Å². The van der Waals surface area contributed by atoms with Gasteiger partial charge in [0.05, 0.1) is 32.5 Å². The van der Waals surface area contributed by atoms with Crippen molar-refractivity contribution in [3.8, 4) is 0 Å². The van der Waals surface area contributed by atoms with Crippen molar-refractivity contribution < 1.29 is 23.0 Å². The summed E-state index contributed by atoms with van der Waals surface area (Å²) >= 11 is 0. The summed E-state index contributed by atoms with van der Waals surface area (Å²) in [5.41, 5.74) is 0.428. The van der Waals surface area contributed by atoms with E-state index in [0.29, 0.717) is 30.4 Å². The Hall–Kier alpha value is -0.940. The topological polar surface area (TPSA) is 27.7 Å². The van der Waals surface area contributed by atoms with Crippen molar-refractivity contribution in [2.45, 2.75) is 97.2 Å². The van der Waals surface area contributed by atoms with E-state index in [1.807, 2.05) is 0 Å². The smallest absolute Gasteiger partial charge is 0.196 e. The molecule has 1 saturated carbocycles. The molecule has 168 valence electrons. The molecule has 2 aliphatic carbocycles. The maximum atomic E-state index is 14.1. The molecular formula is C24H40F2O3. The minimum absolute atomic E-state index is 0.103. The zero-order valence-electron chi connectivity index (χ0n) is 18.8. The molecule has 2 unspecified atom stereocenters. The third-order valence-electron chi connectivity index (χ3n) is 6.39. The first-order valence-electron chi connectivity index (χ1n) is 11.6. The van der Waals surface area contributed by atoms with E-state index >= 15 is 0 Å². The largest absolute Gasteiger partial charge is 0.498 e. The highest BCUT2D eigenvalue weighted by Crippen LogP contribution is 2.38. The summed E-state index contributed by atoms with van der Waals surface area (Å²) in [6.45, 7) is 7.53. The Morgan fingerprint density at radius 1 is 0.897 bits per heavy atom. The molecule has 0 radical (unpaired) electrons. The lowest BCUT2D eigenvalue weighted by atomic mass is 9.76. The molecule has 0 bridgehead atoms. The molecule has 0 amide bonds. The van der Waals surface area contributed by atoms with E-state index in [9.17, 15) is 8.78 Å². The van der Waals surface area contributed by atoms with E-state index in [1.165, 1.54) is 26.4 Å². The Morgan fingerprint density at radius 2 is 1.55 bits per heavy atom. The summed E-state index contributed by atoms with van der Waals surface area (Å²) in [4.78, 5) is 0. The Balaban J connectivity index is 0.000000941. The van der Waals surface area contributed by atoms with Crippen molar-refractivity contribution >= 4 is 0 Å². The fourth-order valence-electron chi connectivity index (χ4n) is 4.55. The van der Waals surface area contributed by atoms with Crippen LogP contribution in [-0.2, 0) is 14.2 Å². The standard InChI is InChI=1S/C21H32F2O3.C3H8/c1-3-17-8-6-15(12-25-17)14-4-9-18(10-5-14)26-13-16-7-11-19(24-2)21(23)20(16)22;1-3-2/h14-15,17-18H,3-13H2,1-2H3;3H2,1-2H3. The van der Waals surface area contributed by atoms with Crippen LogP contribution in [0, 0.1) is 11.8 Å². The van der Waals surface area contributed by atoms with Crippen LogP contribution < -0.4 is 0 Å². The molecule has 0 aromatic rings. The van der Waals surface area contributed by atoms with E-state index in [4.69, 9.17) is 14.2 Å². The first-order chi connectivity index (χ1) is 14.0. The van der Waals surface area contributed by atoms with Gasteiger partial charge in [0.25, 0.3) is 0 Å². The van der Waals surface area contributed by atoms with Gasteiger partial charge in [-0.2, -0.15) is 0 Å². The number of hydrogen-bond donors (Lipinski definition) is 0. The number of halogens is 2. The second-order valence-electron chi connectivity index (χ2n) is 8.61. The summed E-state index contributed by atoms with van der Waals surface area (Å²) in [5.74, 6) is -0.131. The number of methoxy groups -OCH3 is 1. The molecule has 0 spiro atoms. The zero-order chi connectivity index (χ0) is 21.2. The highest BCUT2D eigenvalue weighted by atomic mass is 19.2. The normalized spacial score (nSPS) is 30.7. The number of hydrogen-bond acceptors (Lipinski definition) is 3. The third kappa shape index (κ3) is 7.06. The van der Waals surface area contributed by atoms with Crippen LogP contribution in [0.1, 0.15) is 85.0 Å². The predicted molar refractivity (Wildman–Crippen MR) is 113 cm³/mol. The van der Waals surface area contributed by atoms with E-state index in [0.717, 1.165) is 44.6 Å². The van der Waals surface area contributed by atoms with Gasteiger partial charge < -0.3 is 14.2 Å². The van der Waals surface area contributed by atoms with Gasteiger partial charge in [-0.05, 0) is 68.8 Å². The van der Waals surface area contributed by atoms with Crippen LogP contribution in [0.25, 0.3) is 0 Å². The van der Waals surface area contributed by atoms with Crippen LogP contribution in [0.5, 0.6) is 0 Å². The van der Waals surface area contributed by atoms with Gasteiger partial charge >= 0.3 is 0 Å². The molecule has 0 aromatic carbocycles. The lowest BCUT2D eigenvalue weighted by Gasteiger charge is -2.37. The number of ether oxygens (including phenoxy) is 3. The van der Waals surface area contributed by atoms with E-state index < -0.39 is 11.7 Å². The molecule has 2 fully saturated rings. The monoisotopic (exact) mass is 414 g/mol. The molecule has 0 N–H and O–H groups in total. The quantitative estimate of drug-likeness (QED) is 0.467. The maximum Gasteiger partial charge on any atom is 0.196 e. The molecule has 2 atom stereocenters. The van der Waals surface area contributed by atoms with Gasteiger partial charge in [-0.15, -0.1) is 0 Å². The van der Waals surface area contributed by atoms with Gasteiger partial charge in [-0.1, -0.05) is 27.2 Å². The Bertz CT molecular complexity index is 542. The Kier molecular flexibility index (Phi) is 10.6. The van der Waals surface area contributed by atoms with Gasteiger partial charge in [-0.25, -0.2) is 8.78 Å². The summed E-state index contributed by atoms with van der Waals surface area (Å²) < 4.78 is 44.7. The highest BCUT2D eigenvalue weighted by Gasteiger charge is 2.31. The molecule has 3 aliphatic rings. The van der Waals surface area contributed by atoms with Crippen molar-refractivity contribution in [2.75, 3.05) is 20.3 Å². The second-order valence-corrected chi connectivity index (χ2v) is 8.61. The molecule has 5 heteroatoms. The molecule has 29 heavy (non-hydrogen) atoms. The van der Waals surface area contributed by atoms with Crippen LogP contribution in [0.15, 0.2) is 23.0 Å². The maximum absolute atomic E-state index is 14.1.